The molecule has 1 aromatic rings. The van der Waals surface area contributed by atoms with E-state index in [1.165, 1.54) is 17.5 Å². The van der Waals surface area contributed by atoms with Crippen LogP contribution < -0.4 is 16.4 Å². The molecule has 0 saturated carbocycles. The Labute approximate surface area is 166 Å². The number of thiazole rings is 1. The van der Waals surface area contributed by atoms with Crippen molar-refractivity contribution in [2.45, 2.75) is 13.0 Å². The molecule has 1 aromatic heterocycles. The lowest BCUT2D eigenvalue weighted by Crippen LogP contribution is -2.34. The maximum absolute atomic E-state index is 12.5. The van der Waals surface area contributed by atoms with Gasteiger partial charge in [-0.05, 0) is 12.3 Å². The lowest BCUT2D eigenvalue weighted by molar-refractivity contribution is 0.160. The molecule has 0 aromatic carbocycles. The van der Waals surface area contributed by atoms with Crippen LogP contribution in [0.5, 0.6) is 0 Å². The number of nitrogens with zero attached hydrogens (tertiary/aromatic N) is 4. The SMILES string of the molecule is C=C(NC)NCC1CC2=C(C(C=NC(F)F)=CN)CN=C(c3nccs3)N2C1. The van der Waals surface area contributed by atoms with Gasteiger partial charge in [0.1, 0.15) is 0 Å². The summed E-state index contributed by atoms with van der Waals surface area (Å²) in [4.78, 5) is 14.4. The highest BCUT2D eigenvalue weighted by molar-refractivity contribution is 7.11. The smallest absolute Gasteiger partial charge is 0.331 e. The van der Waals surface area contributed by atoms with Crippen LogP contribution in [0.4, 0.5) is 8.78 Å². The summed E-state index contributed by atoms with van der Waals surface area (Å²) in [5.41, 5.74) is 8.03. The molecule has 2 aliphatic rings. The minimum Gasteiger partial charge on any atom is -0.404 e. The van der Waals surface area contributed by atoms with Crippen molar-refractivity contribution in [3.63, 3.8) is 0 Å². The molecule has 7 nitrogen and oxygen atoms in total. The minimum atomic E-state index is -2.78. The van der Waals surface area contributed by atoms with E-state index in [1.807, 2.05) is 12.4 Å². The van der Waals surface area contributed by atoms with Crippen LogP contribution in [0.2, 0.25) is 0 Å². The Hall–Kier alpha value is -2.75. The third-order valence-corrected chi connectivity index (χ3v) is 5.39. The van der Waals surface area contributed by atoms with Gasteiger partial charge in [0.05, 0.1) is 12.4 Å². The number of allylic oxidation sites excluding steroid dienone is 1. The van der Waals surface area contributed by atoms with Crippen LogP contribution in [-0.2, 0) is 0 Å². The molecule has 1 saturated heterocycles. The molecule has 150 valence electrons. The molecule has 2 aliphatic heterocycles. The number of fused-ring (bicyclic) bond motifs is 1. The minimum absolute atomic E-state index is 0.296. The summed E-state index contributed by atoms with van der Waals surface area (Å²) in [6.45, 7) is 2.93. The Kier molecular flexibility index (Phi) is 6.40. The molecule has 0 bridgehead atoms. The Balaban J connectivity index is 1.89. The van der Waals surface area contributed by atoms with E-state index in [0.717, 1.165) is 53.7 Å². The van der Waals surface area contributed by atoms with Crippen LogP contribution >= 0.6 is 11.3 Å². The predicted molar refractivity (Wildman–Crippen MR) is 108 cm³/mol. The fraction of sp³-hybridized carbons (Fsp3) is 0.389. The lowest BCUT2D eigenvalue weighted by Gasteiger charge is -2.28. The zero-order chi connectivity index (χ0) is 20.1. The Morgan fingerprint density at radius 2 is 2.39 bits per heavy atom. The molecule has 1 unspecified atom stereocenters. The van der Waals surface area contributed by atoms with E-state index in [9.17, 15) is 8.78 Å². The van der Waals surface area contributed by atoms with Crippen molar-refractivity contribution in [1.29, 1.82) is 0 Å². The summed E-state index contributed by atoms with van der Waals surface area (Å²) in [7, 11) is 1.81. The largest absolute Gasteiger partial charge is 0.404 e. The van der Waals surface area contributed by atoms with Gasteiger partial charge in [-0.3, -0.25) is 4.99 Å². The standard InChI is InChI=1S/C18H23F2N7S/c1-11(22-2)24-7-12-5-15-14(13(6-21)8-26-18(19)20)9-25-16(27(15)10-12)17-23-3-4-28-17/h3-4,6,8,12,18,22,24H,1,5,7,9-10,21H2,2H3. The molecule has 10 heteroatoms. The van der Waals surface area contributed by atoms with Gasteiger partial charge >= 0.3 is 6.55 Å². The first-order valence-electron chi connectivity index (χ1n) is 8.81. The first kappa shape index (κ1) is 20.0. The predicted octanol–water partition coefficient (Wildman–Crippen LogP) is 1.90. The molecule has 0 amide bonds. The number of nitrogens with two attached hydrogens (primary N) is 1. The zero-order valence-electron chi connectivity index (χ0n) is 15.5. The molecule has 3 rings (SSSR count). The van der Waals surface area contributed by atoms with E-state index in [0.29, 0.717) is 18.0 Å². The molecule has 28 heavy (non-hydrogen) atoms. The van der Waals surface area contributed by atoms with Gasteiger partial charge in [0.25, 0.3) is 0 Å². The topological polar surface area (TPSA) is 90.9 Å². The Morgan fingerprint density at radius 1 is 1.57 bits per heavy atom. The van der Waals surface area contributed by atoms with Crippen LogP contribution in [0.15, 0.2) is 57.0 Å². The van der Waals surface area contributed by atoms with E-state index >= 15 is 0 Å². The van der Waals surface area contributed by atoms with Crippen molar-refractivity contribution in [2.24, 2.45) is 21.6 Å². The maximum Gasteiger partial charge on any atom is 0.331 e. The Morgan fingerprint density at radius 3 is 3.04 bits per heavy atom. The number of aliphatic imine (C=N–C) groups is 2. The molecule has 0 spiro atoms. The van der Waals surface area contributed by atoms with Gasteiger partial charge in [-0.2, -0.15) is 8.78 Å². The number of amidine groups is 1. The number of alkyl halides is 2. The van der Waals surface area contributed by atoms with Crippen molar-refractivity contribution >= 4 is 23.4 Å². The van der Waals surface area contributed by atoms with Gasteiger partial charge in [-0.15, -0.1) is 11.3 Å². The molecule has 3 heterocycles. The average Bonchev–Trinajstić information content (AvgIpc) is 3.36. The van der Waals surface area contributed by atoms with Crippen molar-refractivity contribution in [3.8, 4) is 0 Å². The van der Waals surface area contributed by atoms with Crippen LogP contribution in [-0.4, -0.2) is 55.2 Å². The fourth-order valence-corrected chi connectivity index (χ4v) is 3.93. The molecule has 0 aliphatic carbocycles. The van der Waals surface area contributed by atoms with Crippen molar-refractivity contribution in [1.82, 2.24) is 20.5 Å². The normalized spacial score (nSPS) is 20.0. The van der Waals surface area contributed by atoms with Crippen LogP contribution in [0.3, 0.4) is 0 Å². The van der Waals surface area contributed by atoms with E-state index in [-0.39, 0.29) is 0 Å². The second kappa shape index (κ2) is 8.96. The Bertz CT molecular complexity index is 827. The van der Waals surface area contributed by atoms with E-state index < -0.39 is 6.55 Å². The summed E-state index contributed by atoms with van der Waals surface area (Å²) < 4.78 is 25.1. The number of nitrogens with one attached hydrogen (secondary N) is 2. The lowest BCUT2D eigenvalue weighted by atomic mass is 10.00. The van der Waals surface area contributed by atoms with Crippen LogP contribution in [0, 0.1) is 5.92 Å². The average molecular weight is 407 g/mol. The molecule has 0 radical (unpaired) electrons. The van der Waals surface area contributed by atoms with Crippen molar-refractivity contribution in [3.05, 3.63) is 52.0 Å². The van der Waals surface area contributed by atoms with E-state index in [2.05, 4.69) is 37.1 Å². The van der Waals surface area contributed by atoms with Crippen LogP contribution in [0.25, 0.3) is 0 Å². The number of hydrogen-bond acceptors (Lipinski definition) is 8. The monoisotopic (exact) mass is 407 g/mol. The highest BCUT2D eigenvalue weighted by atomic mass is 32.1. The fourth-order valence-electron chi connectivity index (χ4n) is 3.27. The number of halogens is 2. The number of rotatable bonds is 8. The van der Waals surface area contributed by atoms with Gasteiger partial charge in [0, 0.05) is 61.0 Å². The van der Waals surface area contributed by atoms with Gasteiger partial charge < -0.3 is 21.3 Å². The van der Waals surface area contributed by atoms with Crippen molar-refractivity contribution < 1.29 is 8.78 Å². The van der Waals surface area contributed by atoms with Gasteiger partial charge in [-0.25, -0.2) is 9.98 Å². The molecule has 1 fully saturated rings. The molecular formula is C18H23F2N7S. The van der Waals surface area contributed by atoms with Crippen LogP contribution in [0.1, 0.15) is 11.4 Å². The first-order chi connectivity index (χ1) is 13.5. The molecular weight excluding hydrogens is 384 g/mol. The quantitative estimate of drug-likeness (QED) is 0.452. The summed E-state index contributed by atoms with van der Waals surface area (Å²) in [6, 6.07) is 0. The summed E-state index contributed by atoms with van der Waals surface area (Å²) in [5, 5.41) is 8.97. The van der Waals surface area contributed by atoms with E-state index in [4.69, 9.17) is 5.73 Å². The first-order valence-corrected chi connectivity index (χ1v) is 9.69. The van der Waals surface area contributed by atoms with Gasteiger partial charge in [-0.1, -0.05) is 6.58 Å². The van der Waals surface area contributed by atoms with Gasteiger partial charge in [0.2, 0.25) is 0 Å². The highest BCUT2D eigenvalue weighted by Crippen LogP contribution is 2.35. The zero-order valence-corrected chi connectivity index (χ0v) is 16.3. The highest BCUT2D eigenvalue weighted by Gasteiger charge is 2.35. The van der Waals surface area contributed by atoms with E-state index in [1.54, 1.807) is 6.20 Å². The second-order valence-corrected chi connectivity index (χ2v) is 7.26. The second-order valence-electron chi connectivity index (χ2n) is 6.37. The third kappa shape index (κ3) is 4.38. The maximum atomic E-state index is 12.5. The summed E-state index contributed by atoms with van der Waals surface area (Å²) in [5.74, 6) is 1.86. The number of aromatic nitrogens is 1. The van der Waals surface area contributed by atoms with Crippen molar-refractivity contribution in [2.75, 3.05) is 26.7 Å². The third-order valence-electron chi connectivity index (χ3n) is 4.62. The number of hydrogen-bond donors (Lipinski definition) is 3. The molecule has 1 atom stereocenters. The molecule has 4 N–H and O–H groups in total. The summed E-state index contributed by atoms with van der Waals surface area (Å²) >= 11 is 1.52. The summed E-state index contributed by atoms with van der Waals surface area (Å²) in [6.07, 6.45) is 4.95. The van der Waals surface area contributed by atoms with Gasteiger partial charge in [0.15, 0.2) is 10.8 Å².